The zero-order valence-corrected chi connectivity index (χ0v) is 9.40. The Kier molecular flexibility index (Phi) is 3.51. The van der Waals surface area contributed by atoms with Crippen molar-refractivity contribution in [3.63, 3.8) is 0 Å². The number of ether oxygens (including phenoxy) is 1. The van der Waals surface area contributed by atoms with Crippen LogP contribution in [-0.4, -0.2) is 13.4 Å². The number of halogens is 1. The molecule has 0 aliphatic carbocycles. The topological polar surface area (TPSA) is 9.23 Å². The summed E-state index contributed by atoms with van der Waals surface area (Å²) in [6, 6.07) is 6.18. The molecule has 0 aromatic heterocycles. The van der Waals surface area contributed by atoms with Crippen LogP contribution in [0.1, 0.15) is 0 Å². The van der Waals surface area contributed by atoms with Crippen LogP contribution < -0.4 is 4.74 Å². The van der Waals surface area contributed by atoms with Crippen molar-refractivity contribution in [2.24, 2.45) is 0 Å². The molecule has 60 valence electrons. The summed E-state index contributed by atoms with van der Waals surface area (Å²) in [4.78, 5) is 1.24. The summed E-state index contributed by atoms with van der Waals surface area (Å²) < 4.78 is 6.33. The van der Waals surface area contributed by atoms with Gasteiger partial charge in [0.25, 0.3) is 0 Å². The molecule has 1 aromatic carbocycles. The molecule has 1 aromatic rings. The summed E-state index contributed by atoms with van der Waals surface area (Å²) in [6.07, 6.45) is 2.06. The van der Waals surface area contributed by atoms with E-state index in [0.717, 1.165) is 5.75 Å². The van der Waals surface area contributed by atoms with Gasteiger partial charge >= 0.3 is 0 Å². The first-order chi connectivity index (χ1) is 5.26. The lowest BCUT2D eigenvalue weighted by Gasteiger charge is -2.02. The van der Waals surface area contributed by atoms with Gasteiger partial charge in [-0.2, -0.15) is 0 Å². The summed E-state index contributed by atoms with van der Waals surface area (Å²) in [6.45, 7) is 0. The number of hydrogen-bond donors (Lipinski definition) is 0. The maximum atomic E-state index is 5.12. The summed E-state index contributed by atoms with van der Waals surface area (Å²) in [5.41, 5.74) is 0. The van der Waals surface area contributed by atoms with Gasteiger partial charge in [0.1, 0.15) is 5.75 Å². The molecule has 0 amide bonds. The molecule has 0 fully saturated rings. The highest BCUT2D eigenvalue weighted by atomic mass is 127. The quantitative estimate of drug-likeness (QED) is 0.608. The zero-order valence-electron chi connectivity index (χ0n) is 6.43. The number of rotatable bonds is 2. The molecule has 0 radical (unpaired) electrons. The third-order valence-corrected chi connectivity index (χ3v) is 2.65. The Labute approximate surface area is 84.7 Å². The minimum atomic E-state index is 0.932. The zero-order chi connectivity index (χ0) is 8.27. The Bertz CT molecular complexity index is 228. The first-order valence-corrected chi connectivity index (χ1v) is 5.45. The van der Waals surface area contributed by atoms with Gasteiger partial charge in [0.2, 0.25) is 0 Å². The smallest absolute Gasteiger partial charge is 0.121 e. The second-order valence-corrected chi connectivity index (χ2v) is 4.16. The van der Waals surface area contributed by atoms with E-state index in [1.807, 2.05) is 12.1 Å². The van der Waals surface area contributed by atoms with E-state index in [-0.39, 0.29) is 0 Å². The fourth-order valence-corrected chi connectivity index (χ4v) is 2.11. The summed E-state index contributed by atoms with van der Waals surface area (Å²) >= 11 is 4.01. The maximum absolute atomic E-state index is 5.12. The van der Waals surface area contributed by atoms with Gasteiger partial charge in [-0.15, -0.1) is 11.8 Å². The number of hydrogen-bond acceptors (Lipinski definition) is 2. The van der Waals surface area contributed by atoms with Crippen molar-refractivity contribution in [2.75, 3.05) is 13.4 Å². The maximum Gasteiger partial charge on any atom is 0.121 e. The molecule has 0 heterocycles. The molecule has 0 spiro atoms. The third-order valence-electron chi connectivity index (χ3n) is 1.32. The van der Waals surface area contributed by atoms with Crippen molar-refractivity contribution in [1.29, 1.82) is 0 Å². The molecule has 0 bridgehead atoms. The van der Waals surface area contributed by atoms with Crippen LogP contribution in [0.3, 0.4) is 0 Å². The predicted molar refractivity (Wildman–Crippen MR) is 57.5 cm³/mol. The van der Waals surface area contributed by atoms with Gasteiger partial charge in [0.15, 0.2) is 0 Å². The highest BCUT2D eigenvalue weighted by molar-refractivity contribution is 14.1. The first kappa shape index (κ1) is 9.19. The van der Waals surface area contributed by atoms with Crippen molar-refractivity contribution in [2.45, 2.75) is 4.90 Å². The van der Waals surface area contributed by atoms with Crippen LogP contribution >= 0.6 is 34.4 Å². The fraction of sp³-hybridized carbons (Fsp3) is 0.250. The number of benzene rings is 1. The second-order valence-electron chi connectivity index (χ2n) is 2.03. The van der Waals surface area contributed by atoms with E-state index in [2.05, 4.69) is 34.9 Å². The molecule has 3 heteroatoms. The average Bonchev–Trinajstić information content (AvgIpc) is 2.03. The van der Waals surface area contributed by atoms with E-state index in [1.54, 1.807) is 18.9 Å². The number of methoxy groups -OCH3 is 1. The molecular formula is C8H9IOS. The molecule has 0 aliphatic rings. The van der Waals surface area contributed by atoms with Crippen molar-refractivity contribution in [3.8, 4) is 5.75 Å². The van der Waals surface area contributed by atoms with Crippen LogP contribution in [0, 0.1) is 3.57 Å². The van der Waals surface area contributed by atoms with E-state index >= 15 is 0 Å². The molecular weight excluding hydrogens is 271 g/mol. The average molecular weight is 280 g/mol. The normalized spacial score (nSPS) is 9.73. The van der Waals surface area contributed by atoms with Gasteiger partial charge in [-0.1, -0.05) is 0 Å². The Morgan fingerprint density at radius 2 is 2.09 bits per heavy atom. The highest BCUT2D eigenvalue weighted by Gasteiger charge is 1.96. The van der Waals surface area contributed by atoms with Crippen molar-refractivity contribution in [3.05, 3.63) is 21.8 Å². The fourth-order valence-electron chi connectivity index (χ4n) is 0.773. The van der Waals surface area contributed by atoms with E-state index in [1.165, 1.54) is 8.47 Å². The largest absolute Gasteiger partial charge is 0.497 e. The summed E-state index contributed by atoms with van der Waals surface area (Å²) in [5.74, 6) is 0.932. The van der Waals surface area contributed by atoms with Gasteiger partial charge < -0.3 is 4.74 Å². The van der Waals surface area contributed by atoms with Gasteiger partial charge in [-0.05, 0) is 47.0 Å². The molecule has 11 heavy (non-hydrogen) atoms. The third kappa shape index (κ3) is 2.56. The van der Waals surface area contributed by atoms with E-state index < -0.39 is 0 Å². The molecule has 1 rings (SSSR count). The lowest BCUT2D eigenvalue weighted by molar-refractivity contribution is 0.413. The Morgan fingerprint density at radius 1 is 1.36 bits per heavy atom. The second kappa shape index (κ2) is 4.21. The van der Waals surface area contributed by atoms with E-state index in [0.29, 0.717) is 0 Å². The molecule has 0 saturated carbocycles. The highest BCUT2D eigenvalue weighted by Crippen LogP contribution is 2.24. The number of thioether (sulfide) groups is 1. The Morgan fingerprint density at radius 3 is 2.64 bits per heavy atom. The summed E-state index contributed by atoms with van der Waals surface area (Å²) in [7, 11) is 1.69. The van der Waals surface area contributed by atoms with Gasteiger partial charge in [0.05, 0.1) is 7.11 Å². The SMILES string of the molecule is COc1cc(I)cc(SC)c1. The van der Waals surface area contributed by atoms with Crippen molar-refractivity contribution >= 4 is 34.4 Å². The molecule has 0 atom stereocenters. The van der Waals surface area contributed by atoms with Crippen LogP contribution in [0.5, 0.6) is 5.75 Å². The van der Waals surface area contributed by atoms with Crippen LogP contribution in [0.15, 0.2) is 23.1 Å². The van der Waals surface area contributed by atoms with Crippen LogP contribution in [0.25, 0.3) is 0 Å². The lowest BCUT2D eigenvalue weighted by Crippen LogP contribution is -1.84. The minimum absolute atomic E-state index is 0.932. The Balaban J connectivity index is 3.02. The van der Waals surface area contributed by atoms with E-state index in [4.69, 9.17) is 4.74 Å². The monoisotopic (exact) mass is 280 g/mol. The molecule has 1 nitrogen and oxygen atoms in total. The molecule has 0 saturated heterocycles. The van der Waals surface area contributed by atoms with Crippen LogP contribution in [-0.2, 0) is 0 Å². The lowest BCUT2D eigenvalue weighted by atomic mass is 10.3. The standard InChI is InChI=1S/C8H9IOS/c1-10-7-3-6(9)4-8(5-7)11-2/h3-5H,1-2H3. The molecule has 0 unspecified atom stereocenters. The van der Waals surface area contributed by atoms with Gasteiger partial charge in [0, 0.05) is 8.47 Å². The Hall–Kier alpha value is 0.1000. The molecule has 0 aliphatic heterocycles. The van der Waals surface area contributed by atoms with Crippen molar-refractivity contribution < 1.29 is 4.74 Å². The van der Waals surface area contributed by atoms with Gasteiger partial charge in [-0.3, -0.25) is 0 Å². The first-order valence-electron chi connectivity index (χ1n) is 3.15. The molecule has 0 N–H and O–H groups in total. The summed E-state index contributed by atoms with van der Waals surface area (Å²) in [5, 5.41) is 0. The van der Waals surface area contributed by atoms with Crippen LogP contribution in [0.4, 0.5) is 0 Å². The predicted octanol–water partition coefficient (Wildman–Crippen LogP) is 3.02. The minimum Gasteiger partial charge on any atom is -0.497 e. The van der Waals surface area contributed by atoms with Crippen molar-refractivity contribution in [1.82, 2.24) is 0 Å². The van der Waals surface area contributed by atoms with Crippen LogP contribution in [0.2, 0.25) is 0 Å². The van der Waals surface area contributed by atoms with E-state index in [9.17, 15) is 0 Å². The van der Waals surface area contributed by atoms with Gasteiger partial charge in [-0.25, -0.2) is 0 Å².